The number of guanidine groups is 2. The van der Waals surface area contributed by atoms with Crippen LogP contribution >= 0.6 is 23.2 Å². The molecule has 2 aromatic carbocycles. The Balaban J connectivity index is 2.02. The number of nitrogens with two attached hydrogens (primary N) is 3. The fourth-order valence-corrected chi connectivity index (χ4v) is 2.54. The molecule has 0 saturated carbocycles. The van der Waals surface area contributed by atoms with Gasteiger partial charge in [-0.05, 0) is 36.4 Å². The molecule has 9 heteroatoms. The predicted octanol–water partition coefficient (Wildman–Crippen LogP) is 3.02. The van der Waals surface area contributed by atoms with Gasteiger partial charge in [0.15, 0.2) is 11.5 Å². The molecule has 0 spiro atoms. The van der Waals surface area contributed by atoms with E-state index in [-0.39, 0.29) is 11.9 Å². The lowest BCUT2D eigenvalue weighted by Crippen LogP contribution is -2.26. The highest BCUT2D eigenvalue weighted by Gasteiger charge is 2.12. The van der Waals surface area contributed by atoms with Gasteiger partial charge in [-0.2, -0.15) is 4.99 Å². The summed E-state index contributed by atoms with van der Waals surface area (Å²) in [5.41, 5.74) is 18.5. The molecule has 0 amide bonds. The van der Waals surface area contributed by atoms with Gasteiger partial charge in [0.05, 0.1) is 16.3 Å². The van der Waals surface area contributed by atoms with Gasteiger partial charge in [0.2, 0.25) is 11.9 Å². The molecule has 3 aromatic rings. The third kappa shape index (κ3) is 3.42. The summed E-state index contributed by atoms with van der Waals surface area (Å²) in [5.74, 6) is 0.155. The molecule has 0 unspecified atom stereocenters. The van der Waals surface area contributed by atoms with Crippen molar-refractivity contribution in [2.75, 3.05) is 0 Å². The first kappa shape index (κ1) is 16.1. The normalized spacial score (nSPS) is 11.7. The minimum atomic E-state index is -0.168. The molecule has 0 radical (unpaired) electrons. The number of oxazole rings is 1. The standard InChI is InChI=1S/C15H12Cl2N6O/c16-7-1-3-9(10(17)5-7)13-22-11-6-8(2-4-12(11)24-13)21-15(20)23-14(18)19/h1-6H,(H6,18,19,20,21,23). The fourth-order valence-electron chi connectivity index (χ4n) is 2.05. The maximum Gasteiger partial charge on any atom is 0.228 e. The van der Waals surface area contributed by atoms with Gasteiger partial charge in [-0.15, -0.1) is 0 Å². The Morgan fingerprint density at radius 2 is 1.83 bits per heavy atom. The molecule has 0 fully saturated rings. The molecule has 1 heterocycles. The molecule has 7 nitrogen and oxygen atoms in total. The van der Waals surface area contributed by atoms with Crippen LogP contribution in [0.15, 0.2) is 50.8 Å². The summed E-state index contributed by atoms with van der Waals surface area (Å²) in [4.78, 5) is 12.1. The predicted molar refractivity (Wildman–Crippen MR) is 96.6 cm³/mol. The Kier molecular flexibility index (Phi) is 4.28. The van der Waals surface area contributed by atoms with Crippen molar-refractivity contribution >= 4 is 51.9 Å². The Morgan fingerprint density at radius 3 is 2.54 bits per heavy atom. The fraction of sp³-hybridized carbons (Fsp3) is 0. The van der Waals surface area contributed by atoms with Gasteiger partial charge >= 0.3 is 0 Å². The molecule has 0 aliphatic heterocycles. The maximum absolute atomic E-state index is 6.18. The van der Waals surface area contributed by atoms with Crippen LogP contribution in [0.2, 0.25) is 10.0 Å². The van der Waals surface area contributed by atoms with Crippen molar-refractivity contribution in [2.24, 2.45) is 27.2 Å². The summed E-state index contributed by atoms with van der Waals surface area (Å²) in [6.07, 6.45) is 0. The van der Waals surface area contributed by atoms with E-state index in [0.717, 1.165) is 0 Å². The number of aliphatic imine (C=N–C) groups is 2. The third-order valence-corrected chi connectivity index (χ3v) is 3.57. The summed E-state index contributed by atoms with van der Waals surface area (Å²) in [6, 6.07) is 10.2. The molecule has 0 aliphatic rings. The second-order valence-electron chi connectivity index (χ2n) is 4.80. The Morgan fingerprint density at radius 1 is 1.04 bits per heavy atom. The second kappa shape index (κ2) is 6.38. The first-order valence-corrected chi connectivity index (χ1v) is 7.48. The lowest BCUT2D eigenvalue weighted by molar-refractivity contribution is 0.620. The molecule has 0 saturated heterocycles. The third-order valence-electron chi connectivity index (χ3n) is 3.02. The molecule has 0 aliphatic carbocycles. The lowest BCUT2D eigenvalue weighted by atomic mass is 10.2. The van der Waals surface area contributed by atoms with Crippen LogP contribution < -0.4 is 17.2 Å². The monoisotopic (exact) mass is 362 g/mol. The summed E-state index contributed by atoms with van der Waals surface area (Å²) in [7, 11) is 0. The molecule has 1 aromatic heterocycles. The number of halogens is 2. The minimum Gasteiger partial charge on any atom is -0.436 e. The van der Waals surface area contributed by atoms with Gasteiger partial charge in [0, 0.05) is 5.02 Å². The van der Waals surface area contributed by atoms with Gasteiger partial charge in [0.25, 0.3) is 0 Å². The Bertz CT molecular complexity index is 975. The molecular weight excluding hydrogens is 351 g/mol. The van der Waals surface area contributed by atoms with Gasteiger partial charge < -0.3 is 21.6 Å². The first-order valence-electron chi connectivity index (χ1n) is 6.72. The van der Waals surface area contributed by atoms with E-state index in [1.54, 1.807) is 36.4 Å². The summed E-state index contributed by atoms with van der Waals surface area (Å²) in [5, 5.41) is 0.982. The average Bonchev–Trinajstić information content (AvgIpc) is 2.88. The zero-order valence-electron chi connectivity index (χ0n) is 12.2. The van der Waals surface area contributed by atoms with Crippen molar-refractivity contribution in [1.82, 2.24) is 4.98 Å². The molecule has 122 valence electrons. The lowest BCUT2D eigenvalue weighted by Gasteiger charge is -1.98. The van der Waals surface area contributed by atoms with E-state index in [1.807, 2.05) is 0 Å². The molecule has 6 N–H and O–H groups in total. The molecular formula is C15H12Cl2N6O. The van der Waals surface area contributed by atoms with Crippen LogP contribution in [0.3, 0.4) is 0 Å². The van der Waals surface area contributed by atoms with E-state index < -0.39 is 0 Å². The highest BCUT2D eigenvalue weighted by molar-refractivity contribution is 6.36. The van der Waals surface area contributed by atoms with Gasteiger partial charge in [-0.25, -0.2) is 9.98 Å². The van der Waals surface area contributed by atoms with Crippen molar-refractivity contribution in [1.29, 1.82) is 0 Å². The highest BCUT2D eigenvalue weighted by atomic mass is 35.5. The van der Waals surface area contributed by atoms with E-state index >= 15 is 0 Å². The number of fused-ring (bicyclic) bond motifs is 1. The molecule has 24 heavy (non-hydrogen) atoms. The van der Waals surface area contributed by atoms with Crippen LogP contribution in [0.1, 0.15) is 0 Å². The number of rotatable bonds is 2. The molecule has 0 atom stereocenters. The quantitative estimate of drug-likeness (QED) is 0.476. The van der Waals surface area contributed by atoms with Crippen LogP contribution in [-0.4, -0.2) is 16.9 Å². The Hall–Kier alpha value is -2.77. The number of benzene rings is 2. The number of aromatic nitrogens is 1. The van der Waals surface area contributed by atoms with Crippen molar-refractivity contribution in [2.45, 2.75) is 0 Å². The highest BCUT2D eigenvalue weighted by Crippen LogP contribution is 2.32. The maximum atomic E-state index is 6.18. The SMILES string of the molecule is NC(N)=NC(N)=Nc1ccc2oc(-c3ccc(Cl)cc3Cl)nc2c1. The van der Waals surface area contributed by atoms with Gasteiger partial charge in [0.1, 0.15) is 5.52 Å². The zero-order chi connectivity index (χ0) is 17.3. The number of hydrogen-bond donors (Lipinski definition) is 3. The summed E-state index contributed by atoms with van der Waals surface area (Å²) < 4.78 is 5.71. The van der Waals surface area contributed by atoms with E-state index in [2.05, 4.69) is 15.0 Å². The van der Waals surface area contributed by atoms with Crippen LogP contribution in [0.25, 0.3) is 22.6 Å². The molecule has 3 rings (SSSR count). The van der Waals surface area contributed by atoms with Gasteiger partial charge in [-0.3, -0.25) is 0 Å². The smallest absolute Gasteiger partial charge is 0.228 e. The van der Waals surface area contributed by atoms with E-state index in [0.29, 0.717) is 38.3 Å². The molecule has 0 bridgehead atoms. The van der Waals surface area contributed by atoms with Crippen LogP contribution in [-0.2, 0) is 0 Å². The summed E-state index contributed by atoms with van der Waals surface area (Å²) in [6.45, 7) is 0. The topological polar surface area (TPSA) is 129 Å². The average molecular weight is 363 g/mol. The van der Waals surface area contributed by atoms with Crippen LogP contribution in [0.5, 0.6) is 0 Å². The van der Waals surface area contributed by atoms with Crippen molar-refractivity contribution in [3.63, 3.8) is 0 Å². The van der Waals surface area contributed by atoms with Crippen LogP contribution in [0, 0.1) is 0 Å². The van der Waals surface area contributed by atoms with E-state index in [9.17, 15) is 0 Å². The summed E-state index contributed by atoms with van der Waals surface area (Å²) >= 11 is 12.1. The van der Waals surface area contributed by atoms with Gasteiger partial charge in [-0.1, -0.05) is 23.2 Å². The van der Waals surface area contributed by atoms with Crippen molar-refractivity contribution in [3.05, 3.63) is 46.4 Å². The minimum absolute atomic E-state index is 0.0567. The van der Waals surface area contributed by atoms with E-state index in [4.69, 9.17) is 44.8 Å². The van der Waals surface area contributed by atoms with Crippen LogP contribution in [0.4, 0.5) is 5.69 Å². The first-order chi connectivity index (χ1) is 11.4. The van der Waals surface area contributed by atoms with Crippen molar-refractivity contribution in [3.8, 4) is 11.5 Å². The van der Waals surface area contributed by atoms with E-state index in [1.165, 1.54) is 0 Å². The second-order valence-corrected chi connectivity index (χ2v) is 5.65. The number of hydrogen-bond acceptors (Lipinski definition) is 3. The largest absolute Gasteiger partial charge is 0.436 e. The Labute approximate surface area is 146 Å². The zero-order valence-corrected chi connectivity index (χ0v) is 13.7. The number of nitrogens with zero attached hydrogens (tertiary/aromatic N) is 3. The van der Waals surface area contributed by atoms with Crippen molar-refractivity contribution < 1.29 is 4.42 Å².